The van der Waals surface area contributed by atoms with Gasteiger partial charge in [0.1, 0.15) is 6.04 Å². The average molecular weight is 418 g/mol. The molecule has 4 N–H and O–H groups in total. The van der Waals surface area contributed by atoms with E-state index in [1.54, 1.807) is 0 Å². The molecule has 7 heteroatoms. The quantitative estimate of drug-likeness (QED) is 0.519. The highest BCUT2D eigenvalue weighted by Crippen LogP contribution is 2.27. The summed E-state index contributed by atoms with van der Waals surface area (Å²) in [4.78, 5) is 25.3. The number of carbonyl (C=O) groups excluding carboxylic acids is 2. The molecule has 2 aromatic rings. The molecule has 156 valence electrons. The maximum absolute atomic E-state index is 15.2. The first-order chi connectivity index (χ1) is 13.9. The van der Waals surface area contributed by atoms with E-state index in [-0.39, 0.29) is 12.5 Å². The maximum Gasteiger partial charge on any atom is 0.243 e. The van der Waals surface area contributed by atoms with Crippen molar-refractivity contribution in [3.63, 3.8) is 0 Å². The summed E-state index contributed by atoms with van der Waals surface area (Å²) in [7, 11) is 0. The van der Waals surface area contributed by atoms with Gasteiger partial charge in [0.15, 0.2) is 5.50 Å². The monoisotopic (exact) mass is 417 g/mol. The van der Waals surface area contributed by atoms with Gasteiger partial charge in [0.2, 0.25) is 11.8 Å². The van der Waals surface area contributed by atoms with Crippen LogP contribution in [0.15, 0.2) is 65.6 Å². The van der Waals surface area contributed by atoms with Gasteiger partial charge in [0, 0.05) is 4.90 Å². The number of halogens is 1. The van der Waals surface area contributed by atoms with Gasteiger partial charge in [-0.15, -0.1) is 0 Å². The van der Waals surface area contributed by atoms with Crippen LogP contribution in [0.3, 0.4) is 0 Å². The Morgan fingerprint density at radius 2 is 1.59 bits per heavy atom. The van der Waals surface area contributed by atoms with E-state index in [1.807, 2.05) is 74.5 Å². The third-order valence-electron chi connectivity index (χ3n) is 4.39. The zero-order valence-corrected chi connectivity index (χ0v) is 17.5. The Labute approximate surface area is 175 Å². The van der Waals surface area contributed by atoms with Crippen LogP contribution in [0.25, 0.3) is 0 Å². The number of hydrogen-bond acceptors (Lipinski definition) is 4. The van der Waals surface area contributed by atoms with Crippen LogP contribution in [-0.2, 0) is 16.0 Å². The molecule has 0 heterocycles. The summed E-state index contributed by atoms with van der Waals surface area (Å²) in [5.41, 5.74) is 4.91. The highest BCUT2D eigenvalue weighted by molar-refractivity contribution is 7.99. The van der Waals surface area contributed by atoms with Gasteiger partial charge in [0.25, 0.3) is 0 Å². The van der Waals surface area contributed by atoms with Gasteiger partial charge >= 0.3 is 0 Å². The van der Waals surface area contributed by atoms with E-state index in [0.29, 0.717) is 6.42 Å². The minimum Gasteiger partial charge on any atom is -0.347 e. The van der Waals surface area contributed by atoms with Crippen molar-refractivity contribution < 1.29 is 14.0 Å². The van der Waals surface area contributed by atoms with Crippen LogP contribution in [0.5, 0.6) is 0 Å². The lowest BCUT2D eigenvalue weighted by atomic mass is 10.0. The van der Waals surface area contributed by atoms with E-state index in [2.05, 4.69) is 10.6 Å². The standard InChI is InChI=1S/C22H28FN3O2S/c1-15(2)20(26-19(27)14-24)22(28)25-18(13-16-9-5-3-6-10-16)21(23)29-17-11-7-4-8-12-17/h3-12,15,18,20-21H,13-14,24H2,1-2H3,(H,25,28)(H,26,27)/t18-,20-,21?/m0/s1. The molecule has 0 saturated carbocycles. The second-order valence-corrected chi connectivity index (χ2v) is 8.24. The summed E-state index contributed by atoms with van der Waals surface area (Å²) in [6.07, 6.45) is 0.337. The third-order valence-corrected chi connectivity index (χ3v) is 5.48. The molecule has 0 aromatic heterocycles. The molecule has 0 fully saturated rings. The SMILES string of the molecule is CC(C)[C@H](NC(=O)CN)C(=O)N[C@@H](Cc1ccccc1)C(F)Sc1ccccc1. The van der Waals surface area contributed by atoms with Crippen molar-refractivity contribution in [2.45, 2.75) is 42.8 Å². The van der Waals surface area contributed by atoms with E-state index in [1.165, 1.54) is 0 Å². The number of hydrogen-bond donors (Lipinski definition) is 3. The molecular formula is C22H28FN3O2S. The molecule has 1 unspecified atom stereocenters. The van der Waals surface area contributed by atoms with Crippen LogP contribution in [0.2, 0.25) is 0 Å². The molecule has 0 aliphatic heterocycles. The van der Waals surface area contributed by atoms with Crippen LogP contribution in [0.1, 0.15) is 19.4 Å². The van der Waals surface area contributed by atoms with E-state index in [0.717, 1.165) is 22.2 Å². The molecule has 0 radical (unpaired) electrons. The van der Waals surface area contributed by atoms with Gasteiger partial charge in [0.05, 0.1) is 12.6 Å². The van der Waals surface area contributed by atoms with Gasteiger partial charge in [-0.25, -0.2) is 4.39 Å². The van der Waals surface area contributed by atoms with Gasteiger partial charge in [-0.05, 0) is 30.0 Å². The summed E-state index contributed by atoms with van der Waals surface area (Å²) in [5, 5.41) is 5.42. The van der Waals surface area contributed by atoms with Crippen LogP contribution < -0.4 is 16.4 Å². The lowest BCUT2D eigenvalue weighted by molar-refractivity contribution is -0.130. The van der Waals surface area contributed by atoms with Gasteiger partial charge < -0.3 is 16.4 Å². The molecule has 0 bridgehead atoms. The van der Waals surface area contributed by atoms with Crippen LogP contribution in [-0.4, -0.2) is 35.9 Å². The number of benzene rings is 2. The smallest absolute Gasteiger partial charge is 0.243 e. The van der Waals surface area contributed by atoms with E-state index in [9.17, 15) is 9.59 Å². The predicted molar refractivity (Wildman–Crippen MR) is 115 cm³/mol. The first-order valence-electron chi connectivity index (χ1n) is 9.60. The minimum atomic E-state index is -1.36. The van der Waals surface area contributed by atoms with Crippen molar-refractivity contribution >= 4 is 23.6 Å². The maximum atomic E-state index is 15.2. The number of thioether (sulfide) groups is 1. The normalized spacial score (nSPS) is 14.1. The Bertz CT molecular complexity index is 774. The zero-order chi connectivity index (χ0) is 21.2. The fourth-order valence-electron chi connectivity index (χ4n) is 2.83. The molecule has 3 atom stereocenters. The number of amides is 2. The third kappa shape index (κ3) is 7.51. The van der Waals surface area contributed by atoms with Crippen molar-refractivity contribution in [1.29, 1.82) is 0 Å². The van der Waals surface area contributed by atoms with Gasteiger partial charge in [-0.3, -0.25) is 9.59 Å². The number of carbonyl (C=O) groups is 2. The van der Waals surface area contributed by atoms with E-state index < -0.39 is 29.4 Å². The minimum absolute atomic E-state index is 0.164. The second-order valence-electron chi connectivity index (χ2n) is 7.08. The molecule has 29 heavy (non-hydrogen) atoms. The summed E-state index contributed by atoms with van der Waals surface area (Å²) >= 11 is 1.06. The van der Waals surface area contributed by atoms with Crippen molar-refractivity contribution in [3.8, 4) is 0 Å². The molecule has 5 nitrogen and oxygen atoms in total. The number of nitrogens with one attached hydrogen (secondary N) is 2. The highest BCUT2D eigenvalue weighted by atomic mass is 32.2. The number of rotatable bonds is 10. The number of nitrogens with two attached hydrogens (primary N) is 1. The lowest BCUT2D eigenvalue weighted by Crippen LogP contribution is -2.54. The van der Waals surface area contributed by atoms with Crippen molar-refractivity contribution in [2.24, 2.45) is 11.7 Å². The molecule has 0 spiro atoms. The summed E-state index contributed by atoms with van der Waals surface area (Å²) in [5.74, 6) is -1.00. The Morgan fingerprint density at radius 3 is 2.14 bits per heavy atom. The first kappa shape index (κ1) is 22.9. The van der Waals surface area contributed by atoms with Gasteiger partial charge in [-0.2, -0.15) is 0 Å². The van der Waals surface area contributed by atoms with Crippen LogP contribution in [0, 0.1) is 5.92 Å². The highest BCUT2D eigenvalue weighted by Gasteiger charge is 2.30. The van der Waals surface area contributed by atoms with Crippen LogP contribution >= 0.6 is 11.8 Å². The van der Waals surface area contributed by atoms with Crippen molar-refractivity contribution in [1.82, 2.24) is 10.6 Å². The Balaban J connectivity index is 2.16. The molecule has 2 rings (SSSR count). The molecule has 0 saturated heterocycles. The Kier molecular flexibility index (Phi) is 9.15. The Hall–Kier alpha value is -2.38. The van der Waals surface area contributed by atoms with E-state index in [4.69, 9.17) is 5.73 Å². The molecular weight excluding hydrogens is 389 g/mol. The predicted octanol–water partition coefficient (Wildman–Crippen LogP) is 2.90. The molecule has 2 amide bonds. The molecule has 2 aromatic carbocycles. The lowest BCUT2D eigenvalue weighted by Gasteiger charge is -2.27. The second kappa shape index (κ2) is 11.6. The van der Waals surface area contributed by atoms with Gasteiger partial charge in [-0.1, -0.05) is 74.1 Å². The molecule has 0 aliphatic rings. The number of alkyl halides is 1. The zero-order valence-electron chi connectivity index (χ0n) is 16.7. The summed E-state index contributed by atoms with van der Waals surface area (Å²) < 4.78 is 15.2. The fourth-order valence-corrected chi connectivity index (χ4v) is 3.73. The fraction of sp³-hybridized carbons (Fsp3) is 0.364. The summed E-state index contributed by atoms with van der Waals surface area (Å²) in [6.45, 7) is 3.43. The topological polar surface area (TPSA) is 84.2 Å². The Morgan fingerprint density at radius 1 is 1.00 bits per heavy atom. The average Bonchev–Trinajstić information content (AvgIpc) is 2.72. The van der Waals surface area contributed by atoms with E-state index >= 15 is 4.39 Å². The van der Waals surface area contributed by atoms with Crippen molar-refractivity contribution in [2.75, 3.05) is 6.54 Å². The largest absolute Gasteiger partial charge is 0.347 e. The summed E-state index contributed by atoms with van der Waals surface area (Å²) in [6, 6.07) is 17.1. The van der Waals surface area contributed by atoms with Crippen molar-refractivity contribution in [3.05, 3.63) is 66.2 Å². The van der Waals surface area contributed by atoms with Crippen LogP contribution in [0.4, 0.5) is 4.39 Å². The first-order valence-corrected chi connectivity index (χ1v) is 10.5. The molecule has 0 aliphatic carbocycles.